The first kappa shape index (κ1) is 17.7. The first-order valence-electron chi connectivity index (χ1n) is 9.12. The van der Waals surface area contributed by atoms with Crippen molar-refractivity contribution in [1.29, 1.82) is 0 Å². The topological polar surface area (TPSA) is 33.2 Å². The fraction of sp³-hybridized carbons (Fsp3) is 0.217. The largest absolute Gasteiger partial charge is 0.308 e. The summed E-state index contributed by atoms with van der Waals surface area (Å²) < 4.78 is 0. The van der Waals surface area contributed by atoms with Crippen molar-refractivity contribution in [3.05, 3.63) is 82.0 Å². The first-order chi connectivity index (χ1) is 13.0. The summed E-state index contributed by atoms with van der Waals surface area (Å²) in [5, 5.41) is 0.707. The lowest BCUT2D eigenvalue weighted by Gasteiger charge is -2.28. The molecule has 0 spiro atoms. The van der Waals surface area contributed by atoms with Gasteiger partial charge in [0, 0.05) is 29.4 Å². The number of carbonyl (C=O) groups excluding carboxylic acids is 1. The Morgan fingerprint density at radius 1 is 1.00 bits per heavy atom. The van der Waals surface area contributed by atoms with Crippen LogP contribution in [0.25, 0.3) is 11.3 Å². The van der Waals surface area contributed by atoms with Crippen molar-refractivity contribution in [1.82, 2.24) is 4.98 Å². The highest BCUT2D eigenvalue weighted by Crippen LogP contribution is 2.32. The predicted octanol–water partition coefficient (Wildman–Crippen LogP) is 5.36. The van der Waals surface area contributed by atoms with Gasteiger partial charge in [-0.3, -0.25) is 9.78 Å². The van der Waals surface area contributed by atoms with Crippen LogP contribution in [0.15, 0.2) is 54.7 Å². The van der Waals surface area contributed by atoms with E-state index >= 15 is 0 Å². The van der Waals surface area contributed by atoms with Crippen molar-refractivity contribution in [3.63, 3.8) is 0 Å². The Morgan fingerprint density at radius 2 is 1.81 bits per heavy atom. The molecule has 0 radical (unpaired) electrons. The third kappa shape index (κ3) is 3.60. The number of aryl methyl sites for hydroxylation is 3. The Morgan fingerprint density at radius 3 is 2.56 bits per heavy atom. The number of aromatic nitrogens is 1. The fourth-order valence-corrected chi connectivity index (χ4v) is 3.83. The fourth-order valence-electron chi connectivity index (χ4n) is 3.64. The van der Waals surface area contributed by atoms with Gasteiger partial charge in [0.1, 0.15) is 0 Å². The minimum Gasteiger partial charge on any atom is -0.308 e. The van der Waals surface area contributed by atoms with E-state index in [0.717, 1.165) is 40.9 Å². The number of carbonyl (C=O) groups is 1. The van der Waals surface area contributed by atoms with Crippen molar-refractivity contribution >= 4 is 23.2 Å². The predicted molar refractivity (Wildman–Crippen MR) is 110 cm³/mol. The number of benzene rings is 2. The molecule has 0 atom stereocenters. The third-order valence-corrected chi connectivity index (χ3v) is 5.35. The van der Waals surface area contributed by atoms with Gasteiger partial charge in [-0.1, -0.05) is 29.8 Å². The lowest BCUT2D eigenvalue weighted by Crippen LogP contribution is -2.30. The van der Waals surface area contributed by atoms with Crippen molar-refractivity contribution in [3.8, 4) is 11.3 Å². The van der Waals surface area contributed by atoms with Crippen molar-refractivity contribution < 1.29 is 4.79 Å². The lowest BCUT2D eigenvalue weighted by molar-refractivity contribution is -0.116. The van der Waals surface area contributed by atoms with E-state index in [1.54, 1.807) is 6.92 Å². The molecule has 2 aromatic carbocycles. The van der Waals surface area contributed by atoms with Gasteiger partial charge in [-0.2, -0.15) is 0 Å². The highest BCUT2D eigenvalue weighted by molar-refractivity contribution is 6.30. The number of rotatable bonds is 1. The van der Waals surface area contributed by atoms with E-state index in [9.17, 15) is 4.79 Å². The van der Waals surface area contributed by atoms with Gasteiger partial charge >= 0.3 is 0 Å². The molecule has 4 heteroatoms. The normalized spacial score (nSPS) is 13.4. The summed E-state index contributed by atoms with van der Waals surface area (Å²) in [6.45, 7) is 4.20. The Balaban J connectivity index is 1.77. The zero-order chi connectivity index (χ0) is 19.0. The number of anilines is 1. The minimum absolute atomic E-state index is 0.0327. The van der Waals surface area contributed by atoms with Gasteiger partial charge in [0.05, 0.1) is 12.2 Å². The molecule has 0 aliphatic carbocycles. The quantitative estimate of drug-likeness (QED) is 0.572. The summed E-state index contributed by atoms with van der Waals surface area (Å²) in [7, 11) is 0. The average Bonchev–Trinajstić information content (AvgIpc) is 2.64. The molecule has 0 bridgehead atoms. The van der Waals surface area contributed by atoms with Crippen molar-refractivity contribution in [2.24, 2.45) is 0 Å². The second-order valence-electron chi connectivity index (χ2n) is 7.08. The first-order valence-corrected chi connectivity index (χ1v) is 9.50. The number of hydrogen-bond donors (Lipinski definition) is 0. The number of pyridine rings is 1. The summed E-state index contributed by atoms with van der Waals surface area (Å²) in [4.78, 5) is 18.8. The maximum atomic E-state index is 12.4. The zero-order valence-corrected chi connectivity index (χ0v) is 16.3. The molecule has 2 heterocycles. The molecular weight excluding hydrogens is 356 g/mol. The van der Waals surface area contributed by atoms with Crippen LogP contribution < -0.4 is 4.90 Å². The molecule has 27 heavy (non-hydrogen) atoms. The molecule has 0 unspecified atom stereocenters. The van der Waals surface area contributed by atoms with E-state index in [2.05, 4.69) is 29.2 Å². The molecule has 1 amide bonds. The van der Waals surface area contributed by atoms with Gasteiger partial charge in [0.2, 0.25) is 5.91 Å². The summed E-state index contributed by atoms with van der Waals surface area (Å²) in [6.07, 6.45) is 3.67. The highest BCUT2D eigenvalue weighted by Gasteiger charge is 2.21. The Labute approximate surface area is 164 Å². The summed E-state index contributed by atoms with van der Waals surface area (Å²) in [5.41, 5.74) is 7.68. The summed E-state index contributed by atoms with van der Waals surface area (Å²) >= 11 is 6.19. The second kappa shape index (κ2) is 7.16. The van der Waals surface area contributed by atoms with E-state index in [-0.39, 0.29) is 5.91 Å². The van der Waals surface area contributed by atoms with E-state index < -0.39 is 0 Å². The van der Waals surface area contributed by atoms with Gasteiger partial charge in [-0.05, 0) is 72.4 Å². The molecule has 4 rings (SSSR count). The second-order valence-corrected chi connectivity index (χ2v) is 7.52. The van der Waals surface area contributed by atoms with Crippen molar-refractivity contribution in [2.45, 2.75) is 33.2 Å². The Hall–Kier alpha value is -2.65. The van der Waals surface area contributed by atoms with Crippen molar-refractivity contribution in [2.75, 3.05) is 4.90 Å². The molecule has 0 saturated carbocycles. The van der Waals surface area contributed by atoms with Crippen LogP contribution in [0.4, 0.5) is 5.69 Å². The number of nitrogens with zero attached hydrogens (tertiary/aromatic N) is 2. The Bertz CT molecular complexity index is 1010. The van der Waals surface area contributed by atoms with E-state index in [4.69, 9.17) is 11.6 Å². The third-order valence-electron chi connectivity index (χ3n) is 5.12. The van der Waals surface area contributed by atoms with E-state index in [1.807, 2.05) is 42.3 Å². The number of amides is 1. The van der Waals surface area contributed by atoms with Crippen LogP contribution in [0.5, 0.6) is 0 Å². The molecule has 1 aromatic heterocycles. The van der Waals surface area contributed by atoms with Gasteiger partial charge in [0.25, 0.3) is 0 Å². The molecule has 1 aliphatic heterocycles. The van der Waals surface area contributed by atoms with E-state index in [0.29, 0.717) is 11.6 Å². The van der Waals surface area contributed by atoms with Gasteiger partial charge in [-0.25, -0.2) is 0 Å². The van der Waals surface area contributed by atoms with Gasteiger partial charge < -0.3 is 4.90 Å². The Kier molecular flexibility index (Phi) is 4.71. The van der Waals surface area contributed by atoms with Gasteiger partial charge in [0.15, 0.2) is 0 Å². The average molecular weight is 377 g/mol. The molecule has 3 aromatic rings. The molecular formula is C23H21ClN2O. The smallest absolute Gasteiger partial charge is 0.224 e. The summed E-state index contributed by atoms with van der Waals surface area (Å²) in [6, 6.07) is 16.4. The van der Waals surface area contributed by atoms with Crippen LogP contribution in [0.1, 0.15) is 29.2 Å². The minimum atomic E-state index is 0.0327. The van der Waals surface area contributed by atoms with Crippen LogP contribution in [0.3, 0.4) is 0 Å². The van der Waals surface area contributed by atoms with Crippen LogP contribution in [-0.2, 0) is 24.2 Å². The van der Waals surface area contributed by atoms with Crippen LogP contribution in [-0.4, -0.2) is 10.9 Å². The molecule has 0 fully saturated rings. The maximum Gasteiger partial charge on any atom is 0.224 e. The number of hydrogen-bond acceptors (Lipinski definition) is 2. The van der Waals surface area contributed by atoms with Gasteiger partial charge in [-0.15, -0.1) is 0 Å². The molecule has 3 nitrogen and oxygen atoms in total. The highest BCUT2D eigenvalue weighted by atomic mass is 35.5. The van der Waals surface area contributed by atoms with Crippen LogP contribution in [0, 0.1) is 6.92 Å². The molecule has 0 saturated heterocycles. The summed E-state index contributed by atoms with van der Waals surface area (Å²) in [5.74, 6) is 0.0327. The standard InChI is InChI=1S/C23H21ClN2O/c1-15-3-9-22(25-13-15)18-6-4-17-5-7-19-12-21(24)8-10-23(19)26(16(2)27)14-20(17)11-18/h3-4,6,8-13H,5,7,14H2,1-2H3. The van der Waals surface area contributed by atoms with E-state index in [1.165, 1.54) is 11.1 Å². The molecule has 136 valence electrons. The van der Waals surface area contributed by atoms with Crippen LogP contribution in [0.2, 0.25) is 5.02 Å². The number of fused-ring (bicyclic) bond motifs is 2. The maximum absolute atomic E-state index is 12.4. The number of halogens is 1. The lowest BCUT2D eigenvalue weighted by atomic mass is 9.93. The zero-order valence-electron chi connectivity index (χ0n) is 15.5. The molecule has 0 N–H and O–H groups in total. The SMILES string of the molecule is CC(=O)N1Cc2cc(-c3ccc(C)cn3)ccc2CCc2cc(Cl)ccc21. The van der Waals surface area contributed by atoms with Crippen LogP contribution >= 0.6 is 11.6 Å². The molecule has 1 aliphatic rings. The monoisotopic (exact) mass is 376 g/mol.